The third-order valence-corrected chi connectivity index (χ3v) is 2.83. The first-order valence-corrected chi connectivity index (χ1v) is 5.89. The monoisotopic (exact) mass is 245 g/mol. The molecule has 0 atom stereocenters. The maximum absolute atomic E-state index is 12.1. The Labute approximate surface area is 105 Å². The molecule has 4 nitrogen and oxygen atoms in total. The van der Waals surface area contributed by atoms with Crippen molar-refractivity contribution < 1.29 is 14.3 Å². The zero-order valence-corrected chi connectivity index (χ0v) is 10.4. The highest BCUT2D eigenvalue weighted by molar-refractivity contribution is 6.10. The zero-order chi connectivity index (χ0) is 13.1. The smallest absolute Gasteiger partial charge is 0.305 e. The first-order valence-electron chi connectivity index (χ1n) is 5.89. The van der Waals surface area contributed by atoms with Crippen molar-refractivity contribution in [1.29, 1.82) is 0 Å². The summed E-state index contributed by atoms with van der Waals surface area (Å²) in [6.45, 7) is 3.34. The number of ketones is 1. The lowest BCUT2D eigenvalue weighted by atomic mass is 10.1. The Balaban J connectivity index is 2.27. The third-order valence-electron chi connectivity index (χ3n) is 2.83. The number of rotatable bonds is 4. The van der Waals surface area contributed by atoms with Crippen molar-refractivity contribution >= 4 is 22.7 Å². The fraction of sp³-hybridized carbons (Fsp3) is 0.286. The van der Waals surface area contributed by atoms with Gasteiger partial charge in [-0.2, -0.15) is 0 Å². The predicted molar refractivity (Wildman–Crippen MR) is 68.6 cm³/mol. The molecule has 0 radical (unpaired) electrons. The Morgan fingerprint density at radius 1 is 1.28 bits per heavy atom. The van der Waals surface area contributed by atoms with Crippen LogP contribution in [0.4, 0.5) is 0 Å². The molecule has 94 valence electrons. The molecule has 2 aromatic rings. The summed E-state index contributed by atoms with van der Waals surface area (Å²) in [5.41, 5.74) is 2.32. The van der Waals surface area contributed by atoms with Crippen LogP contribution in [0.1, 0.15) is 29.4 Å². The summed E-state index contributed by atoms with van der Waals surface area (Å²) < 4.78 is 4.88. The highest BCUT2D eigenvalue weighted by Crippen LogP contribution is 2.22. The van der Waals surface area contributed by atoms with E-state index in [1.807, 2.05) is 31.2 Å². The molecule has 1 aromatic heterocycles. The fourth-order valence-electron chi connectivity index (χ4n) is 1.96. The topological polar surface area (TPSA) is 59.2 Å². The maximum Gasteiger partial charge on any atom is 0.305 e. The van der Waals surface area contributed by atoms with Crippen LogP contribution in [0.5, 0.6) is 0 Å². The number of carbonyl (C=O) groups is 2. The Bertz CT molecular complexity index is 598. The van der Waals surface area contributed by atoms with Crippen LogP contribution >= 0.6 is 0 Å². The highest BCUT2D eigenvalue weighted by Gasteiger charge is 2.16. The fourth-order valence-corrected chi connectivity index (χ4v) is 1.96. The number of Topliss-reactive ketones (excluding diaryl/α,β-unsaturated/α-hetero) is 1. The Morgan fingerprint density at radius 2 is 2.00 bits per heavy atom. The van der Waals surface area contributed by atoms with Crippen molar-refractivity contribution in [3.63, 3.8) is 0 Å². The van der Waals surface area contributed by atoms with Gasteiger partial charge in [-0.1, -0.05) is 25.1 Å². The maximum atomic E-state index is 12.1. The molecule has 0 spiro atoms. The van der Waals surface area contributed by atoms with E-state index >= 15 is 0 Å². The van der Waals surface area contributed by atoms with Gasteiger partial charge in [-0.15, -0.1) is 0 Å². The molecule has 0 fully saturated rings. The third kappa shape index (κ3) is 2.27. The molecule has 2 rings (SSSR count). The van der Waals surface area contributed by atoms with Gasteiger partial charge in [0.1, 0.15) is 0 Å². The van der Waals surface area contributed by atoms with Crippen molar-refractivity contribution in [2.45, 2.75) is 20.3 Å². The lowest BCUT2D eigenvalue weighted by Crippen LogP contribution is -2.13. The number of aryl methyl sites for hydroxylation is 1. The standard InChI is InChI=1S/C14H15NO3/c1-3-13(17)18-8-12(16)14-9(2)15-11-7-5-4-6-10(11)14/h4-7,15H,3,8H2,1-2H3. The number of benzene rings is 1. The Morgan fingerprint density at radius 3 is 2.72 bits per heavy atom. The van der Waals surface area contributed by atoms with Crippen molar-refractivity contribution in [1.82, 2.24) is 4.98 Å². The van der Waals surface area contributed by atoms with E-state index in [-0.39, 0.29) is 24.8 Å². The van der Waals surface area contributed by atoms with Gasteiger partial charge >= 0.3 is 5.97 Å². The molecule has 0 saturated heterocycles. The van der Waals surface area contributed by atoms with Crippen LogP contribution in [0.25, 0.3) is 10.9 Å². The number of hydrogen-bond donors (Lipinski definition) is 1. The first-order chi connectivity index (χ1) is 8.63. The average molecular weight is 245 g/mol. The summed E-state index contributed by atoms with van der Waals surface area (Å²) in [6.07, 6.45) is 0.278. The van der Waals surface area contributed by atoms with Gasteiger partial charge in [0.05, 0.1) is 0 Å². The molecule has 0 bridgehead atoms. The predicted octanol–water partition coefficient (Wildman–Crippen LogP) is 2.61. The highest BCUT2D eigenvalue weighted by atomic mass is 16.5. The molecular weight excluding hydrogens is 230 g/mol. The van der Waals surface area contributed by atoms with Crippen LogP contribution in [0.15, 0.2) is 24.3 Å². The van der Waals surface area contributed by atoms with Crippen molar-refractivity contribution in [2.75, 3.05) is 6.61 Å². The van der Waals surface area contributed by atoms with Gasteiger partial charge in [0.15, 0.2) is 6.61 Å². The number of aromatic nitrogens is 1. The van der Waals surface area contributed by atoms with Crippen LogP contribution in [0.3, 0.4) is 0 Å². The van der Waals surface area contributed by atoms with Gasteiger partial charge in [-0.3, -0.25) is 9.59 Å². The second-order valence-corrected chi connectivity index (χ2v) is 4.11. The number of para-hydroxylation sites is 1. The SMILES string of the molecule is CCC(=O)OCC(=O)c1c(C)[nH]c2ccccc12. The largest absolute Gasteiger partial charge is 0.457 e. The number of nitrogens with one attached hydrogen (secondary N) is 1. The lowest BCUT2D eigenvalue weighted by Gasteiger charge is -2.03. The molecule has 0 saturated carbocycles. The van der Waals surface area contributed by atoms with Gasteiger partial charge in [0.2, 0.25) is 5.78 Å². The zero-order valence-electron chi connectivity index (χ0n) is 10.4. The van der Waals surface area contributed by atoms with Crippen molar-refractivity contribution in [3.8, 4) is 0 Å². The summed E-state index contributed by atoms with van der Waals surface area (Å²) in [6, 6.07) is 7.58. The van der Waals surface area contributed by atoms with E-state index in [2.05, 4.69) is 4.98 Å². The molecule has 0 aliphatic carbocycles. The lowest BCUT2D eigenvalue weighted by molar-refractivity contribution is -0.142. The molecule has 18 heavy (non-hydrogen) atoms. The Hall–Kier alpha value is -2.10. The minimum atomic E-state index is -0.360. The number of fused-ring (bicyclic) bond motifs is 1. The Kier molecular flexibility index (Phi) is 3.46. The van der Waals surface area contributed by atoms with Crippen molar-refractivity contribution in [3.05, 3.63) is 35.5 Å². The molecule has 0 unspecified atom stereocenters. The summed E-state index contributed by atoms with van der Waals surface area (Å²) in [7, 11) is 0. The van der Waals surface area contributed by atoms with Gasteiger partial charge < -0.3 is 9.72 Å². The second-order valence-electron chi connectivity index (χ2n) is 4.11. The quantitative estimate of drug-likeness (QED) is 0.665. The number of carbonyl (C=O) groups excluding carboxylic acids is 2. The minimum absolute atomic E-state index is 0.174. The molecule has 1 aromatic carbocycles. The number of esters is 1. The van der Waals surface area contributed by atoms with E-state index in [0.29, 0.717) is 5.56 Å². The normalized spacial score (nSPS) is 10.6. The van der Waals surface area contributed by atoms with E-state index in [1.54, 1.807) is 6.92 Å². The number of H-pyrrole nitrogens is 1. The molecule has 0 aliphatic heterocycles. The van der Waals surface area contributed by atoms with Gasteiger partial charge in [-0.05, 0) is 13.0 Å². The van der Waals surface area contributed by atoms with Gasteiger partial charge in [0, 0.05) is 28.6 Å². The number of hydrogen-bond acceptors (Lipinski definition) is 3. The van der Waals surface area contributed by atoms with Crippen LogP contribution in [0, 0.1) is 6.92 Å². The van der Waals surface area contributed by atoms with Crippen LogP contribution < -0.4 is 0 Å². The molecular formula is C14H15NO3. The molecule has 4 heteroatoms. The number of ether oxygens (including phenoxy) is 1. The van der Waals surface area contributed by atoms with Crippen molar-refractivity contribution in [2.24, 2.45) is 0 Å². The van der Waals surface area contributed by atoms with E-state index in [0.717, 1.165) is 16.6 Å². The molecule has 1 heterocycles. The van der Waals surface area contributed by atoms with Crippen LogP contribution in [-0.2, 0) is 9.53 Å². The number of aromatic amines is 1. The van der Waals surface area contributed by atoms with E-state index in [4.69, 9.17) is 4.74 Å². The second kappa shape index (κ2) is 5.04. The van der Waals surface area contributed by atoms with Crippen LogP contribution in [0.2, 0.25) is 0 Å². The van der Waals surface area contributed by atoms with Gasteiger partial charge in [-0.25, -0.2) is 0 Å². The van der Waals surface area contributed by atoms with Crippen LogP contribution in [-0.4, -0.2) is 23.3 Å². The van der Waals surface area contributed by atoms with E-state index < -0.39 is 0 Å². The molecule has 0 aliphatic rings. The summed E-state index contributed by atoms with van der Waals surface area (Å²) in [5, 5.41) is 0.868. The molecule has 0 amide bonds. The summed E-state index contributed by atoms with van der Waals surface area (Å²) >= 11 is 0. The van der Waals surface area contributed by atoms with E-state index in [1.165, 1.54) is 0 Å². The first kappa shape index (κ1) is 12.4. The average Bonchev–Trinajstić information content (AvgIpc) is 2.71. The molecule has 1 N–H and O–H groups in total. The minimum Gasteiger partial charge on any atom is -0.457 e. The van der Waals surface area contributed by atoms with Gasteiger partial charge in [0.25, 0.3) is 0 Å². The summed E-state index contributed by atoms with van der Waals surface area (Å²) in [4.78, 5) is 26.3. The summed E-state index contributed by atoms with van der Waals surface area (Å²) in [5.74, 6) is -0.535. The van der Waals surface area contributed by atoms with E-state index in [9.17, 15) is 9.59 Å².